The highest BCUT2D eigenvalue weighted by Crippen LogP contribution is 2.27. The van der Waals surface area contributed by atoms with Crippen molar-refractivity contribution in [1.82, 2.24) is 20.3 Å². The zero-order chi connectivity index (χ0) is 21.8. The predicted octanol–water partition coefficient (Wildman–Crippen LogP) is 4.76. The molecule has 7 nitrogen and oxygen atoms in total. The van der Waals surface area contributed by atoms with Crippen molar-refractivity contribution in [3.05, 3.63) is 23.7 Å². The average Bonchev–Trinajstić information content (AvgIpc) is 2.63. The molecule has 0 saturated carbocycles. The van der Waals surface area contributed by atoms with Gasteiger partial charge in [-0.2, -0.15) is 0 Å². The number of nitrogens with one attached hydrogen (secondary N) is 2. The van der Waals surface area contributed by atoms with Gasteiger partial charge in [-0.05, 0) is 46.1 Å². The molecule has 1 amide bonds. The molecule has 2 heterocycles. The summed E-state index contributed by atoms with van der Waals surface area (Å²) < 4.78 is 31.7. The van der Waals surface area contributed by atoms with Gasteiger partial charge in [-0.1, -0.05) is 13.8 Å². The average molecular weight is 409 g/mol. The maximum absolute atomic E-state index is 13.2. The Morgan fingerprint density at radius 2 is 1.79 bits per heavy atom. The number of alkyl carbamates (subject to hydrolysis) is 1. The Hall–Kier alpha value is -2.58. The molecule has 0 spiro atoms. The summed E-state index contributed by atoms with van der Waals surface area (Å²) in [6, 6.07) is -0.383. The van der Waals surface area contributed by atoms with Gasteiger partial charge in [0.2, 0.25) is 5.95 Å². The summed E-state index contributed by atoms with van der Waals surface area (Å²) in [5.74, 6) is 0.309. The lowest BCUT2D eigenvalue weighted by molar-refractivity contribution is 0.0496. The fourth-order valence-corrected chi connectivity index (χ4v) is 3.01. The second-order valence-corrected chi connectivity index (χ2v) is 7.90. The van der Waals surface area contributed by atoms with E-state index in [1.54, 1.807) is 27.7 Å². The van der Waals surface area contributed by atoms with Crippen molar-refractivity contribution in [2.75, 3.05) is 5.32 Å². The molecule has 0 saturated heterocycles. The van der Waals surface area contributed by atoms with Crippen LogP contribution in [0.3, 0.4) is 0 Å². The second-order valence-electron chi connectivity index (χ2n) is 7.90. The molecule has 0 fully saturated rings. The van der Waals surface area contributed by atoms with Crippen molar-refractivity contribution >= 4 is 22.9 Å². The topological polar surface area (TPSA) is 89.0 Å². The minimum absolute atomic E-state index is 0.165. The lowest BCUT2D eigenvalue weighted by Crippen LogP contribution is -2.48. The van der Waals surface area contributed by atoms with Gasteiger partial charge in [0.25, 0.3) is 6.43 Å². The zero-order valence-corrected chi connectivity index (χ0v) is 17.7. The van der Waals surface area contributed by atoms with Gasteiger partial charge in [0.15, 0.2) is 0 Å². The third-order valence-electron chi connectivity index (χ3n) is 4.42. The Morgan fingerprint density at radius 1 is 1.14 bits per heavy atom. The lowest BCUT2D eigenvalue weighted by Gasteiger charge is -2.29. The summed E-state index contributed by atoms with van der Waals surface area (Å²) in [5.41, 5.74) is 0.187. The van der Waals surface area contributed by atoms with Crippen LogP contribution in [0.5, 0.6) is 0 Å². The fourth-order valence-electron chi connectivity index (χ4n) is 3.01. The number of aryl methyl sites for hydroxylation is 1. The van der Waals surface area contributed by atoms with E-state index in [0.717, 1.165) is 0 Å². The van der Waals surface area contributed by atoms with Crippen molar-refractivity contribution in [2.24, 2.45) is 0 Å². The Labute approximate surface area is 169 Å². The van der Waals surface area contributed by atoms with Crippen molar-refractivity contribution < 1.29 is 18.3 Å². The SMILES string of the molecule is CC[C@H](NC(=O)OC(C)(C)C)[C@@H](CC)Nc1ncc2c(C(F)F)ncc(C)c2n1. The number of carbonyl (C=O) groups is 1. The van der Waals surface area contributed by atoms with Crippen LogP contribution in [0.4, 0.5) is 19.5 Å². The van der Waals surface area contributed by atoms with Crippen LogP contribution in [-0.4, -0.2) is 38.7 Å². The summed E-state index contributed by atoms with van der Waals surface area (Å²) >= 11 is 0. The molecule has 29 heavy (non-hydrogen) atoms. The van der Waals surface area contributed by atoms with Gasteiger partial charge >= 0.3 is 6.09 Å². The van der Waals surface area contributed by atoms with Crippen LogP contribution in [0.2, 0.25) is 0 Å². The molecule has 2 N–H and O–H groups in total. The molecule has 2 rings (SSSR count). The van der Waals surface area contributed by atoms with Crippen molar-refractivity contribution in [3.8, 4) is 0 Å². The molecule has 0 bridgehead atoms. The summed E-state index contributed by atoms with van der Waals surface area (Å²) in [6.07, 6.45) is 0.904. The maximum Gasteiger partial charge on any atom is 0.407 e. The molecule has 2 atom stereocenters. The molecule has 0 aromatic carbocycles. The number of hydrogen-bond acceptors (Lipinski definition) is 6. The highest BCUT2D eigenvalue weighted by atomic mass is 19.3. The molecule has 2 aromatic rings. The van der Waals surface area contributed by atoms with E-state index in [1.165, 1.54) is 12.4 Å². The number of fused-ring (bicyclic) bond motifs is 1. The van der Waals surface area contributed by atoms with Gasteiger partial charge in [-0.3, -0.25) is 4.98 Å². The number of hydrogen-bond donors (Lipinski definition) is 2. The maximum atomic E-state index is 13.2. The van der Waals surface area contributed by atoms with E-state index in [9.17, 15) is 13.6 Å². The number of carbonyl (C=O) groups excluding carboxylic acids is 1. The standard InChI is InChI=1S/C20H29F2N5O2/c1-7-13(14(8-2)26-19(28)29-20(4,5)6)25-18-24-10-12-15(27-18)11(3)9-23-16(12)17(21)22/h9-10,13-14,17H,7-8H2,1-6H3,(H,26,28)(H,24,25,27)/t13-,14+/m1/s1. The molecule has 2 aromatic heterocycles. The third kappa shape index (κ3) is 5.95. The lowest BCUT2D eigenvalue weighted by atomic mass is 10.0. The normalized spacial score (nSPS) is 14.0. The number of aromatic nitrogens is 3. The van der Waals surface area contributed by atoms with Gasteiger partial charge in [-0.25, -0.2) is 23.5 Å². The van der Waals surface area contributed by atoms with Gasteiger partial charge in [0.05, 0.1) is 11.6 Å². The highest BCUT2D eigenvalue weighted by Gasteiger charge is 2.25. The molecular formula is C20H29F2N5O2. The van der Waals surface area contributed by atoms with Crippen LogP contribution in [0.25, 0.3) is 10.9 Å². The van der Waals surface area contributed by atoms with Gasteiger partial charge in [0, 0.05) is 23.8 Å². The van der Waals surface area contributed by atoms with Crippen LogP contribution in [0.15, 0.2) is 12.4 Å². The van der Waals surface area contributed by atoms with E-state index < -0.39 is 18.1 Å². The summed E-state index contributed by atoms with van der Waals surface area (Å²) in [5, 5.41) is 6.33. The monoisotopic (exact) mass is 409 g/mol. The summed E-state index contributed by atoms with van der Waals surface area (Å²) in [6.45, 7) is 11.1. The minimum Gasteiger partial charge on any atom is -0.444 e. The Morgan fingerprint density at radius 3 is 2.34 bits per heavy atom. The smallest absolute Gasteiger partial charge is 0.407 e. The summed E-state index contributed by atoms with van der Waals surface area (Å²) in [4.78, 5) is 24.6. The van der Waals surface area contributed by atoms with Gasteiger partial charge in [-0.15, -0.1) is 0 Å². The zero-order valence-electron chi connectivity index (χ0n) is 17.7. The van der Waals surface area contributed by atoms with Crippen LogP contribution in [-0.2, 0) is 4.74 Å². The second kappa shape index (κ2) is 9.28. The first kappa shape index (κ1) is 22.7. The van der Waals surface area contributed by atoms with Crippen molar-refractivity contribution in [2.45, 2.75) is 78.5 Å². The molecule has 0 radical (unpaired) electrons. The largest absolute Gasteiger partial charge is 0.444 e. The first-order valence-electron chi connectivity index (χ1n) is 9.72. The number of ether oxygens (including phenoxy) is 1. The fraction of sp³-hybridized carbons (Fsp3) is 0.600. The summed E-state index contributed by atoms with van der Waals surface area (Å²) in [7, 11) is 0. The van der Waals surface area contributed by atoms with Crippen LogP contribution in [0.1, 0.15) is 65.1 Å². The molecule has 0 aliphatic rings. The highest BCUT2D eigenvalue weighted by molar-refractivity contribution is 5.83. The molecule has 0 aliphatic heterocycles. The van der Waals surface area contributed by atoms with Gasteiger partial charge in [0.1, 0.15) is 11.3 Å². The van der Waals surface area contributed by atoms with Gasteiger partial charge < -0.3 is 15.4 Å². The van der Waals surface area contributed by atoms with E-state index in [2.05, 4.69) is 25.6 Å². The number of pyridine rings is 1. The Bertz CT molecular complexity index is 855. The number of nitrogens with zero attached hydrogens (tertiary/aromatic N) is 3. The van der Waals surface area contributed by atoms with Crippen LogP contribution < -0.4 is 10.6 Å². The molecule has 0 unspecified atom stereocenters. The molecule has 0 aliphatic carbocycles. The van der Waals surface area contributed by atoms with E-state index >= 15 is 0 Å². The first-order chi connectivity index (χ1) is 13.6. The Balaban J connectivity index is 2.24. The van der Waals surface area contributed by atoms with E-state index in [-0.39, 0.29) is 23.2 Å². The molecule has 160 valence electrons. The number of alkyl halides is 2. The minimum atomic E-state index is -2.70. The molecule has 9 heteroatoms. The number of amides is 1. The number of halogens is 2. The van der Waals surface area contributed by atoms with Crippen LogP contribution >= 0.6 is 0 Å². The van der Waals surface area contributed by atoms with Crippen LogP contribution in [0, 0.1) is 6.92 Å². The van der Waals surface area contributed by atoms with Crippen molar-refractivity contribution in [1.29, 1.82) is 0 Å². The quantitative estimate of drug-likeness (QED) is 0.685. The van der Waals surface area contributed by atoms with E-state index in [0.29, 0.717) is 29.9 Å². The predicted molar refractivity (Wildman–Crippen MR) is 108 cm³/mol. The first-order valence-corrected chi connectivity index (χ1v) is 9.72. The third-order valence-corrected chi connectivity index (χ3v) is 4.42. The molecular weight excluding hydrogens is 380 g/mol. The number of anilines is 1. The Kier molecular flexibility index (Phi) is 7.26. The van der Waals surface area contributed by atoms with Crippen molar-refractivity contribution in [3.63, 3.8) is 0 Å². The number of rotatable bonds is 7. The van der Waals surface area contributed by atoms with E-state index in [4.69, 9.17) is 4.74 Å². The van der Waals surface area contributed by atoms with E-state index in [1.807, 2.05) is 13.8 Å².